The van der Waals surface area contributed by atoms with Gasteiger partial charge >= 0.3 is 0 Å². The molecule has 24 heteroatoms. The van der Waals surface area contributed by atoms with Crippen LogP contribution in [0.15, 0.2) is 140 Å². The van der Waals surface area contributed by atoms with Gasteiger partial charge in [-0.2, -0.15) is 0 Å². The van der Waals surface area contributed by atoms with Gasteiger partial charge in [0.05, 0.1) is 92.2 Å². The highest BCUT2D eigenvalue weighted by Crippen LogP contribution is 2.45. The molecule has 12 aromatic rings. The second kappa shape index (κ2) is 44.5. The average molecular weight is 1770 g/mol. The number of ether oxygens (including phenoxy) is 8. The predicted molar refractivity (Wildman–Crippen MR) is 500 cm³/mol. The van der Waals surface area contributed by atoms with E-state index in [0.717, 1.165) is 99.4 Å². The van der Waals surface area contributed by atoms with Crippen molar-refractivity contribution in [2.45, 2.75) is 273 Å². The van der Waals surface area contributed by atoms with E-state index in [1.165, 1.54) is 56.8 Å². The Morgan fingerprint density at radius 2 is 0.512 bits per heavy atom. The van der Waals surface area contributed by atoms with Crippen molar-refractivity contribution in [3.8, 4) is 69.5 Å². The highest BCUT2D eigenvalue weighted by molar-refractivity contribution is 5.49. The molecule has 18 nitrogen and oxygen atoms in total. The summed E-state index contributed by atoms with van der Waals surface area (Å²) in [5, 5.41) is 0. The van der Waals surface area contributed by atoms with Gasteiger partial charge in [0.1, 0.15) is 92.3 Å². The molecule has 129 heavy (non-hydrogen) atoms. The highest BCUT2D eigenvalue weighted by atomic mass is 19.1. The van der Waals surface area contributed by atoms with Crippen LogP contribution in [0.25, 0.3) is 0 Å². The molecule has 0 radical (unpaired) electrons. The molecule has 0 saturated carbocycles. The number of hydrogen-bond acceptors (Lipinski definition) is 18. The third-order valence-electron chi connectivity index (χ3n) is 23.8. The molecule has 0 N–H and O–H groups in total. The maximum Gasteiger partial charge on any atom is 0.241 e. The summed E-state index contributed by atoms with van der Waals surface area (Å²) in [4.78, 5) is 43.5. The van der Waals surface area contributed by atoms with Gasteiger partial charge in [-0.3, -0.25) is 29.9 Å². The van der Waals surface area contributed by atoms with Crippen LogP contribution in [0.3, 0.4) is 0 Å². The van der Waals surface area contributed by atoms with Crippen LogP contribution in [0, 0.1) is 139 Å². The van der Waals surface area contributed by atoms with Gasteiger partial charge < -0.3 is 37.9 Å². The molecule has 0 amide bonds. The van der Waals surface area contributed by atoms with Crippen LogP contribution in [0.5, 0.6) is 69.5 Å². The number of hydrogen-bond donors (Lipinski definition) is 0. The number of nitrogens with zero attached hydrogens (tertiary/aromatic N) is 10. The third-order valence-corrected chi connectivity index (χ3v) is 23.8. The number of rotatable bonds is 24. The number of methoxy groups -OCH3 is 2. The van der Waals surface area contributed by atoms with Crippen molar-refractivity contribution >= 4 is 0 Å². The van der Waals surface area contributed by atoms with Crippen LogP contribution >= 0.6 is 0 Å². The van der Waals surface area contributed by atoms with Gasteiger partial charge in [0.15, 0.2) is 0 Å². The molecule has 0 unspecified atom stereocenters. The minimum atomic E-state index is -0.818. The first-order chi connectivity index (χ1) is 60.3. The van der Waals surface area contributed by atoms with E-state index in [2.05, 4.69) is 56.8 Å². The Labute approximate surface area is 760 Å². The first-order valence-electron chi connectivity index (χ1n) is 43.4. The van der Waals surface area contributed by atoms with Crippen LogP contribution in [0.2, 0.25) is 0 Å². The van der Waals surface area contributed by atoms with Crippen LogP contribution in [-0.4, -0.2) is 64.1 Å². The Morgan fingerprint density at radius 1 is 0.248 bits per heavy atom. The van der Waals surface area contributed by atoms with Gasteiger partial charge in [0.25, 0.3) is 0 Å². The zero-order valence-electron chi connectivity index (χ0n) is 81.6. The van der Waals surface area contributed by atoms with Crippen molar-refractivity contribution in [1.29, 1.82) is 0 Å². The lowest BCUT2D eigenvalue weighted by molar-refractivity contribution is 0.0142. The molecule has 0 spiro atoms. The average Bonchev–Trinajstić information content (AvgIpc) is 0.766. The lowest BCUT2D eigenvalue weighted by atomic mass is 9.81. The van der Waals surface area contributed by atoms with Crippen molar-refractivity contribution in [3.63, 3.8) is 0 Å². The van der Waals surface area contributed by atoms with Gasteiger partial charge in [-0.05, 0) is 275 Å². The summed E-state index contributed by atoms with van der Waals surface area (Å²) >= 11 is 0. The second-order valence-electron chi connectivity index (χ2n) is 35.5. The second-order valence-corrected chi connectivity index (χ2v) is 35.5. The molecule has 6 aromatic heterocycles. The molecule has 6 heterocycles. The Hall–Kier alpha value is -11.8. The fourth-order valence-corrected chi connectivity index (χ4v) is 13.2. The zero-order chi connectivity index (χ0) is 96.3. The Kier molecular flexibility index (Phi) is 36.0. The van der Waals surface area contributed by atoms with E-state index in [4.69, 9.17) is 37.9 Å². The van der Waals surface area contributed by atoms with E-state index in [0.29, 0.717) is 114 Å². The maximum absolute atomic E-state index is 14.4. The quantitative estimate of drug-likeness (QED) is 0.0516. The molecule has 0 atom stereocenters. The topological polar surface area (TPSA) is 203 Å². The van der Waals surface area contributed by atoms with Gasteiger partial charge in [-0.15, -0.1) is 0 Å². The summed E-state index contributed by atoms with van der Waals surface area (Å²) in [6.45, 7) is 60.0. The minimum absolute atomic E-state index is 0.223. The number of aryl methyl sites for hydroxylation is 15. The molecule has 12 rings (SSSR count). The van der Waals surface area contributed by atoms with Gasteiger partial charge in [0.2, 0.25) is 23.5 Å². The molecule has 0 fully saturated rings. The van der Waals surface area contributed by atoms with Gasteiger partial charge in [-0.1, -0.05) is 119 Å². The standard InChI is InChI=1S/C19H24FNO.C18H23FN2O.C18H22FNO.C17H21FN2O2.C17H21FN2O.C16H19FN2O2/c1-7-19(5,6)18-15(20)9-8-10-16(18)22-17-11-12(2)13(3)21-14(17)4;1-7-18(5,6)16-14(19)9-8-10-15(16)22-17-13(4)20-11(2)12(3)21-17;1-6-18(4,5)17-15(19)8-7-9-16(17)21-14-10-12(2)13(3)20-11-14;1-10-11(2)20-16(12(3)19-10)22-14-9-7-8-13(18)15(14)17(4,5)21-6;1-6-17(4,5)16-13(18)8-7-9-14(16)21-15-10-19-11(2)12(3)20-15;1-10-11(2)19-14(9-18-10)21-13-8-6-7-12(17)15(13)16(3,4)20-5/h8-11H,7H2,1-6H3;8-10H,7H2,1-6H3;7-11H,6H2,1-5H3;7-9H,1-6H3;7-10H,6H2,1-5H3;6-9H,1-5H3. The molecule has 0 aliphatic rings. The normalized spacial score (nSPS) is 11.6. The van der Waals surface area contributed by atoms with Crippen molar-refractivity contribution in [2.75, 3.05) is 14.2 Å². The summed E-state index contributed by atoms with van der Waals surface area (Å²) in [5.41, 5.74) is 13.1. The highest BCUT2D eigenvalue weighted by Gasteiger charge is 2.34. The lowest BCUT2D eigenvalue weighted by Gasteiger charge is -2.26. The van der Waals surface area contributed by atoms with E-state index < -0.39 is 11.2 Å². The number of aromatic nitrogens is 10. The molecular formula is C105H130F6N10O8. The predicted octanol–water partition coefficient (Wildman–Crippen LogP) is 28.8. The molecule has 690 valence electrons. The monoisotopic (exact) mass is 1770 g/mol. The molecule has 0 bridgehead atoms. The fraction of sp³-hybridized carbons (Fsp3) is 0.410. The number of halogens is 6. The van der Waals surface area contributed by atoms with E-state index >= 15 is 0 Å². The first-order valence-corrected chi connectivity index (χ1v) is 43.4. The van der Waals surface area contributed by atoms with Gasteiger partial charge in [-0.25, -0.2) is 46.3 Å². The Balaban J connectivity index is 0.000000212. The van der Waals surface area contributed by atoms with Crippen LogP contribution < -0.4 is 28.4 Å². The fourth-order valence-electron chi connectivity index (χ4n) is 13.2. The lowest BCUT2D eigenvalue weighted by Crippen LogP contribution is -2.22. The van der Waals surface area contributed by atoms with Crippen LogP contribution in [0.4, 0.5) is 26.3 Å². The van der Waals surface area contributed by atoms with Crippen LogP contribution in [0.1, 0.15) is 255 Å². The van der Waals surface area contributed by atoms with E-state index in [9.17, 15) is 26.3 Å². The summed E-state index contributed by atoms with van der Waals surface area (Å²) in [6.07, 6.45) is 8.04. The van der Waals surface area contributed by atoms with E-state index in [1.807, 2.05) is 204 Å². The number of benzene rings is 6. The zero-order valence-corrected chi connectivity index (χ0v) is 81.6. The van der Waals surface area contributed by atoms with Gasteiger partial charge in [0, 0.05) is 47.9 Å². The summed E-state index contributed by atoms with van der Waals surface area (Å²) < 4.78 is 132. The summed E-state index contributed by atoms with van der Waals surface area (Å²) in [6, 6.07) is 33.0. The molecule has 6 aromatic carbocycles. The van der Waals surface area contributed by atoms with Crippen LogP contribution in [-0.2, 0) is 42.3 Å². The largest absolute Gasteiger partial charge is 0.455 e. The minimum Gasteiger partial charge on any atom is -0.455 e. The van der Waals surface area contributed by atoms with Crippen molar-refractivity contribution in [1.82, 2.24) is 49.8 Å². The van der Waals surface area contributed by atoms with E-state index in [-0.39, 0.29) is 56.6 Å². The van der Waals surface area contributed by atoms with Crippen molar-refractivity contribution in [3.05, 3.63) is 293 Å². The molecular weight excluding hydrogens is 1640 g/mol. The Bertz CT molecular complexity index is 5320. The first kappa shape index (κ1) is 104. The molecule has 0 aliphatic heterocycles. The van der Waals surface area contributed by atoms with Crippen molar-refractivity contribution < 1.29 is 64.2 Å². The number of pyridine rings is 2. The maximum atomic E-state index is 14.4. The van der Waals surface area contributed by atoms with E-state index in [1.54, 1.807) is 101 Å². The Morgan fingerprint density at radius 3 is 0.829 bits per heavy atom. The smallest absolute Gasteiger partial charge is 0.241 e. The van der Waals surface area contributed by atoms with Crippen molar-refractivity contribution in [2.24, 2.45) is 0 Å². The molecule has 0 saturated heterocycles. The summed E-state index contributed by atoms with van der Waals surface area (Å²) in [7, 11) is 3.07. The third kappa shape index (κ3) is 27.0. The summed E-state index contributed by atoms with van der Waals surface area (Å²) in [5.74, 6) is 4.03. The molecule has 0 aliphatic carbocycles. The SMILES string of the molecule is CCC(C)(C)c1c(F)cccc1Oc1cc(C)c(C)nc1C.CCC(C)(C)c1c(F)cccc1Oc1cnc(C)c(C)c1.CCC(C)(C)c1c(F)cccc1Oc1cnc(C)c(C)n1.CCC(C)(C)c1c(F)cccc1Oc1nc(C)c(C)nc1C.COC(C)(C)c1c(F)cccc1Oc1cnc(C)c(C)n1.COC(C)(C)c1c(F)cccc1Oc1nc(C)c(C)nc1C.